The molecule has 0 aliphatic rings. The molecule has 0 unspecified atom stereocenters. The second-order valence-corrected chi connectivity index (χ2v) is 4.94. The molecule has 0 amide bonds. The van der Waals surface area contributed by atoms with Crippen LogP contribution < -0.4 is 21.9 Å². The van der Waals surface area contributed by atoms with Crippen molar-refractivity contribution >= 4 is 11.4 Å². The number of aromatic nitrogens is 1. The number of rotatable bonds is 5. The smallest absolute Gasteiger partial charge is 0.168 e. The number of anilines is 2. The maximum atomic E-state index is 2.35. The zero-order chi connectivity index (χ0) is 14.3. The van der Waals surface area contributed by atoms with Gasteiger partial charge in [0.1, 0.15) is 0 Å². The van der Waals surface area contributed by atoms with Gasteiger partial charge in [0.25, 0.3) is 0 Å². The van der Waals surface area contributed by atoms with E-state index in [2.05, 4.69) is 94.7 Å². The highest BCUT2D eigenvalue weighted by Gasteiger charge is 2.10. The molecule has 22 heavy (non-hydrogen) atoms. The van der Waals surface area contributed by atoms with Gasteiger partial charge in [0, 0.05) is 23.5 Å². The minimum atomic E-state index is 0. The Morgan fingerprint density at radius 2 is 1.09 bits per heavy atom. The average Bonchev–Trinajstić information content (AvgIpc) is 2.58. The van der Waals surface area contributed by atoms with Gasteiger partial charge in [-0.2, -0.15) is 0 Å². The molecule has 2 nitrogen and oxygen atoms in total. The molecule has 0 saturated carbocycles. The van der Waals surface area contributed by atoms with E-state index in [4.69, 9.17) is 0 Å². The summed E-state index contributed by atoms with van der Waals surface area (Å²) in [5, 5.41) is 0. The average molecular weight is 311 g/mol. The second-order valence-electron chi connectivity index (χ2n) is 4.94. The lowest BCUT2D eigenvalue weighted by Crippen LogP contribution is -3.00. The van der Waals surface area contributed by atoms with E-state index in [1.807, 2.05) is 6.07 Å². The molecule has 3 rings (SSSR count). The Labute approximate surface area is 138 Å². The summed E-state index contributed by atoms with van der Waals surface area (Å²) in [6, 6.07) is 27.2. The SMILES string of the molecule is [Cl-].c1ccc(N(CC[n+]2ccccc2)c2ccccc2)cc1. The molecule has 1 aromatic heterocycles. The number of nitrogens with zero attached hydrogens (tertiary/aromatic N) is 2. The first kappa shape index (κ1) is 16.1. The molecule has 3 heteroatoms. The molecule has 0 atom stereocenters. The fourth-order valence-corrected chi connectivity index (χ4v) is 2.42. The van der Waals surface area contributed by atoms with Crippen LogP contribution in [0.4, 0.5) is 11.4 Å². The van der Waals surface area contributed by atoms with Gasteiger partial charge in [0.2, 0.25) is 0 Å². The van der Waals surface area contributed by atoms with Crippen molar-refractivity contribution in [3.63, 3.8) is 0 Å². The summed E-state index contributed by atoms with van der Waals surface area (Å²) in [4.78, 5) is 2.35. The summed E-state index contributed by atoms with van der Waals surface area (Å²) in [5.74, 6) is 0. The maximum Gasteiger partial charge on any atom is 0.168 e. The summed E-state index contributed by atoms with van der Waals surface area (Å²) >= 11 is 0. The van der Waals surface area contributed by atoms with E-state index in [9.17, 15) is 0 Å². The standard InChI is InChI=1S/C19H19N2.ClH/c1-4-10-18(11-5-1)21(19-12-6-2-7-13-19)17-16-20-14-8-3-9-15-20;/h1-15H,16-17H2;1H/q+1;/p-1. The fourth-order valence-electron chi connectivity index (χ4n) is 2.42. The zero-order valence-electron chi connectivity index (χ0n) is 12.3. The van der Waals surface area contributed by atoms with E-state index in [1.54, 1.807) is 0 Å². The van der Waals surface area contributed by atoms with E-state index in [0.717, 1.165) is 13.1 Å². The van der Waals surface area contributed by atoms with Crippen LogP contribution in [0.2, 0.25) is 0 Å². The fraction of sp³-hybridized carbons (Fsp3) is 0.105. The van der Waals surface area contributed by atoms with Crippen LogP contribution in [0.15, 0.2) is 91.3 Å². The van der Waals surface area contributed by atoms with Crippen molar-refractivity contribution < 1.29 is 17.0 Å². The molecule has 0 N–H and O–H groups in total. The quantitative estimate of drug-likeness (QED) is 0.633. The number of halogens is 1. The van der Waals surface area contributed by atoms with Crippen LogP contribution in [-0.4, -0.2) is 6.54 Å². The summed E-state index contributed by atoms with van der Waals surface area (Å²) in [5.41, 5.74) is 2.44. The van der Waals surface area contributed by atoms with Gasteiger partial charge in [-0.1, -0.05) is 42.5 Å². The van der Waals surface area contributed by atoms with Crippen LogP contribution in [0.25, 0.3) is 0 Å². The third-order valence-corrected chi connectivity index (χ3v) is 3.49. The largest absolute Gasteiger partial charge is 1.00 e. The van der Waals surface area contributed by atoms with E-state index in [-0.39, 0.29) is 12.4 Å². The van der Waals surface area contributed by atoms with Gasteiger partial charge < -0.3 is 17.3 Å². The second kappa shape index (κ2) is 8.20. The first-order chi connectivity index (χ1) is 10.4. The molecule has 0 spiro atoms. The molecule has 1 heterocycles. The highest BCUT2D eigenvalue weighted by molar-refractivity contribution is 5.62. The maximum absolute atomic E-state index is 2.35. The van der Waals surface area contributed by atoms with Crippen LogP contribution in [-0.2, 0) is 6.54 Å². The van der Waals surface area contributed by atoms with Crippen molar-refractivity contribution in [1.82, 2.24) is 0 Å². The molecule has 0 saturated heterocycles. The Balaban J connectivity index is 0.00000176. The van der Waals surface area contributed by atoms with Crippen molar-refractivity contribution in [3.8, 4) is 0 Å². The zero-order valence-corrected chi connectivity index (χ0v) is 13.1. The highest BCUT2D eigenvalue weighted by atomic mass is 35.5. The third kappa shape index (κ3) is 4.09. The number of para-hydroxylation sites is 2. The van der Waals surface area contributed by atoms with Crippen LogP contribution in [0.5, 0.6) is 0 Å². The summed E-state index contributed by atoms with van der Waals surface area (Å²) in [6.45, 7) is 1.88. The molecule has 112 valence electrons. The molecule has 3 aromatic rings. The Hall–Kier alpha value is -2.32. The van der Waals surface area contributed by atoms with Gasteiger partial charge in [-0.3, -0.25) is 0 Å². The lowest BCUT2D eigenvalue weighted by Gasteiger charge is -2.23. The van der Waals surface area contributed by atoms with Gasteiger partial charge in [0.05, 0.1) is 6.54 Å². The molecule has 0 aliphatic carbocycles. The number of hydrogen-bond donors (Lipinski definition) is 0. The molecule has 0 fully saturated rings. The monoisotopic (exact) mass is 310 g/mol. The van der Waals surface area contributed by atoms with Gasteiger partial charge in [0.15, 0.2) is 18.9 Å². The Morgan fingerprint density at radius 3 is 1.59 bits per heavy atom. The Kier molecular flexibility index (Phi) is 5.99. The predicted octanol–water partition coefficient (Wildman–Crippen LogP) is 0.816. The van der Waals surface area contributed by atoms with Crippen molar-refractivity contribution in [1.29, 1.82) is 0 Å². The molecule has 0 radical (unpaired) electrons. The number of hydrogen-bond acceptors (Lipinski definition) is 1. The van der Waals surface area contributed by atoms with Crippen molar-refractivity contribution in [3.05, 3.63) is 91.3 Å². The van der Waals surface area contributed by atoms with Gasteiger partial charge in [-0.25, -0.2) is 4.57 Å². The van der Waals surface area contributed by atoms with E-state index >= 15 is 0 Å². The van der Waals surface area contributed by atoms with Gasteiger partial charge >= 0.3 is 0 Å². The van der Waals surface area contributed by atoms with Crippen LogP contribution >= 0.6 is 0 Å². The normalized spacial score (nSPS) is 9.82. The van der Waals surface area contributed by atoms with Crippen LogP contribution in [0.1, 0.15) is 0 Å². The van der Waals surface area contributed by atoms with Gasteiger partial charge in [-0.05, 0) is 24.3 Å². The minimum Gasteiger partial charge on any atom is -1.00 e. The number of benzene rings is 2. The van der Waals surface area contributed by atoms with Crippen LogP contribution in [0, 0.1) is 0 Å². The van der Waals surface area contributed by atoms with Crippen molar-refractivity contribution in [2.24, 2.45) is 0 Å². The van der Waals surface area contributed by atoms with Crippen molar-refractivity contribution in [2.45, 2.75) is 6.54 Å². The van der Waals surface area contributed by atoms with E-state index < -0.39 is 0 Å². The lowest BCUT2D eigenvalue weighted by molar-refractivity contribution is -0.694. The Morgan fingerprint density at radius 1 is 0.636 bits per heavy atom. The van der Waals surface area contributed by atoms with Gasteiger partial charge in [-0.15, -0.1) is 0 Å². The molecular formula is C19H19ClN2. The van der Waals surface area contributed by atoms with E-state index in [0.29, 0.717) is 0 Å². The predicted molar refractivity (Wildman–Crippen MR) is 86.5 cm³/mol. The van der Waals surface area contributed by atoms with E-state index in [1.165, 1.54) is 11.4 Å². The minimum absolute atomic E-state index is 0. The highest BCUT2D eigenvalue weighted by Crippen LogP contribution is 2.24. The van der Waals surface area contributed by atoms with Crippen LogP contribution in [0.3, 0.4) is 0 Å². The lowest BCUT2D eigenvalue weighted by atomic mass is 10.2. The molecule has 2 aromatic carbocycles. The van der Waals surface area contributed by atoms with Crippen molar-refractivity contribution in [2.75, 3.05) is 11.4 Å². The molecule has 0 bridgehead atoms. The third-order valence-electron chi connectivity index (χ3n) is 3.49. The molecule has 0 aliphatic heterocycles. The Bertz CT molecular complexity index is 617. The number of pyridine rings is 1. The topological polar surface area (TPSA) is 7.12 Å². The summed E-state index contributed by atoms with van der Waals surface area (Å²) < 4.78 is 2.21. The molecular weight excluding hydrogens is 292 g/mol. The summed E-state index contributed by atoms with van der Waals surface area (Å²) in [6.07, 6.45) is 4.21. The first-order valence-electron chi connectivity index (χ1n) is 7.25. The first-order valence-corrected chi connectivity index (χ1v) is 7.25. The summed E-state index contributed by atoms with van der Waals surface area (Å²) in [7, 11) is 0.